The molecule has 1 amide bonds. The van der Waals surface area contributed by atoms with Gasteiger partial charge in [0.25, 0.3) is 11.6 Å². The van der Waals surface area contributed by atoms with E-state index in [1.807, 2.05) is 11.8 Å². The molecule has 0 aromatic heterocycles. The lowest BCUT2D eigenvalue weighted by atomic mass is 10.1. The number of hydrogen-bond donors (Lipinski definition) is 1. The van der Waals surface area contributed by atoms with Crippen LogP contribution in [0.5, 0.6) is 0 Å². The molecule has 2 atom stereocenters. The Hall–Kier alpha value is -2.06. The fourth-order valence-corrected chi connectivity index (χ4v) is 2.87. The molecule has 0 bridgehead atoms. The molecule has 2 unspecified atom stereocenters. The second kappa shape index (κ2) is 7.01. The van der Waals surface area contributed by atoms with Crippen molar-refractivity contribution in [2.75, 3.05) is 26.2 Å². The lowest BCUT2D eigenvalue weighted by Crippen LogP contribution is -2.55. The number of halogens is 1. The summed E-state index contributed by atoms with van der Waals surface area (Å²) in [5.41, 5.74) is -0.624. The summed E-state index contributed by atoms with van der Waals surface area (Å²) < 4.78 is 13.4. The Bertz CT molecular complexity index is 608. The minimum absolute atomic E-state index is 0.183. The van der Waals surface area contributed by atoms with Crippen molar-refractivity contribution in [2.45, 2.75) is 26.0 Å². The number of amides is 1. The lowest BCUT2D eigenvalue weighted by molar-refractivity contribution is -0.385. The van der Waals surface area contributed by atoms with E-state index in [4.69, 9.17) is 0 Å². The number of aliphatic hydroxyl groups is 1. The van der Waals surface area contributed by atoms with Crippen molar-refractivity contribution in [3.63, 3.8) is 0 Å². The first-order valence-electron chi connectivity index (χ1n) is 7.45. The van der Waals surface area contributed by atoms with Gasteiger partial charge in [-0.2, -0.15) is 0 Å². The molecule has 0 radical (unpaired) electrons. The average molecular weight is 325 g/mol. The standard InChI is InChI=1S/C15H20FN3O4/c1-10-8-17(9-11(2)20)5-6-18(10)15(21)13-7-12(16)3-4-14(13)19(22)23/h3-4,7,10-11,20H,5-6,8-9H2,1-2H3. The fraction of sp³-hybridized carbons (Fsp3) is 0.533. The molecule has 1 aliphatic heterocycles. The van der Waals surface area contributed by atoms with Crippen LogP contribution in [0.25, 0.3) is 0 Å². The minimum Gasteiger partial charge on any atom is -0.392 e. The molecule has 23 heavy (non-hydrogen) atoms. The lowest BCUT2D eigenvalue weighted by Gasteiger charge is -2.40. The van der Waals surface area contributed by atoms with Gasteiger partial charge in [-0.25, -0.2) is 4.39 Å². The van der Waals surface area contributed by atoms with Crippen molar-refractivity contribution in [3.8, 4) is 0 Å². The van der Waals surface area contributed by atoms with Crippen LogP contribution in [0.3, 0.4) is 0 Å². The van der Waals surface area contributed by atoms with Crippen LogP contribution < -0.4 is 0 Å². The molecule has 126 valence electrons. The number of benzene rings is 1. The zero-order valence-electron chi connectivity index (χ0n) is 13.1. The van der Waals surface area contributed by atoms with Crippen molar-refractivity contribution >= 4 is 11.6 Å². The Kier molecular flexibility index (Phi) is 5.27. The number of carbonyl (C=O) groups excluding carboxylic acids is 1. The highest BCUT2D eigenvalue weighted by molar-refractivity contribution is 5.98. The van der Waals surface area contributed by atoms with Crippen LogP contribution in [0.1, 0.15) is 24.2 Å². The third-order valence-electron chi connectivity index (χ3n) is 3.88. The second-order valence-electron chi connectivity index (χ2n) is 5.87. The highest BCUT2D eigenvalue weighted by Gasteiger charge is 2.32. The highest BCUT2D eigenvalue weighted by Crippen LogP contribution is 2.23. The van der Waals surface area contributed by atoms with Crippen molar-refractivity contribution in [3.05, 3.63) is 39.7 Å². The van der Waals surface area contributed by atoms with Gasteiger partial charge in [-0.3, -0.25) is 19.8 Å². The SMILES string of the molecule is CC(O)CN1CCN(C(=O)c2cc(F)ccc2[N+](=O)[O-])C(C)C1. The Morgan fingerprint density at radius 2 is 2.22 bits per heavy atom. The van der Waals surface area contributed by atoms with Crippen molar-refractivity contribution in [2.24, 2.45) is 0 Å². The van der Waals surface area contributed by atoms with Gasteiger partial charge in [-0.1, -0.05) is 0 Å². The maximum absolute atomic E-state index is 13.4. The molecule has 0 aliphatic carbocycles. The van der Waals surface area contributed by atoms with Gasteiger partial charge in [0.05, 0.1) is 11.0 Å². The third-order valence-corrected chi connectivity index (χ3v) is 3.88. The molecule has 8 heteroatoms. The summed E-state index contributed by atoms with van der Waals surface area (Å²) in [5.74, 6) is -1.22. The molecule has 1 heterocycles. The Labute approximate surface area is 133 Å². The molecule has 7 nitrogen and oxygen atoms in total. The summed E-state index contributed by atoms with van der Waals surface area (Å²) in [7, 11) is 0. The van der Waals surface area contributed by atoms with Gasteiger partial charge in [-0.05, 0) is 26.0 Å². The van der Waals surface area contributed by atoms with E-state index in [0.29, 0.717) is 26.2 Å². The number of β-amino-alcohol motifs (C(OH)–C–C–N with tert-alkyl or cyclic N) is 1. The monoisotopic (exact) mass is 325 g/mol. The molecular weight excluding hydrogens is 305 g/mol. The Balaban J connectivity index is 2.18. The van der Waals surface area contributed by atoms with E-state index >= 15 is 0 Å². The van der Waals surface area contributed by atoms with Gasteiger partial charge in [0.2, 0.25) is 0 Å². The predicted octanol–water partition coefficient (Wildman–Crippen LogP) is 1.26. The van der Waals surface area contributed by atoms with Gasteiger partial charge in [-0.15, -0.1) is 0 Å². The average Bonchev–Trinajstić information content (AvgIpc) is 2.45. The fourth-order valence-electron chi connectivity index (χ4n) is 2.87. The van der Waals surface area contributed by atoms with E-state index in [1.165, 1.54) is 4.90 Å². The highest BCUT2D eigenvalue weighted by atomic mass is 19.1. The first-order chi connectivity index (χ1) is 10.8. The molecule has 1 aromatic rings. The zero-order chi connectivity index (χ0) is 17.1. The summed E-state index contributed by atoms with van der Waals surface area (Å²) in [4.78, 5) is 26.5. The van der Waals surface area contributed by atoms with E-state index in [0.717, 1.165) is 18.2 Å². The largest absolute Gasteiger partial charge is 0.392 e. The Morgan fingerprint density at radius 1 is 1.52 bits per heavy atom. The number of aliphatic hydroxyl groups excluding tert-OH is 1. The van der Waals surface area contributed by atoms with Gasteiger partial charge in [0.1, 0.15) is 11.4 Å². The quantitative estimate of drug-likeness (QED) is 0.665. The van der Waals surface area contributed by atoms with Crippen LogP contribution in [-0.4, -0.2) is 64.1 Å². The van der Waals surface area contributed by atoms with E-state index in [2.05, 4.69) is 0 Å². The second-order valence-corrected chi connectivity index (χ2v) is 5.87. The van der Waals surface area contributed by atoms with Gasteiger partial charge in [0, 0.05) is 38.3 Å². The first kappa shape index (κ1) is 17.3. The van der Waals surface area contributed by atoms with Gasteiger partial charge < -0.3 is 10.0 Å². The topological polar surface area (TPSA) is 86.9 Å². The molecule has 0 spiro atoms. The Morgan fingerprint density at radius 3 is 2.78 bits per heavy atom. The molecule has 1 saturated heterocycles. The van der Waals surface area contributed by atoms with E-state index in [1.54, 1.807) is 6.92 Å². The number of nitro benzene ring substituents is 1. The summed E-state index contributed by atoms with van der Waals surface area (Å²) in [5, 5.41) is 20.5. The van der Waals surface area contributed by atoms with Crippen molar-refractivity contribution in [1.82, 2.24) is 9.80 Å². The number of rotatable bonds is 4. The van der Waals surface area contributed by atoms with Crippen LogP contribution in [0.4, 0.5) is 10.1 Å². The number of hydrogen-bond acceptors (Lipinski definition) is 5. The number of piperazine rings is 1. The van der Waals surface area contributed by atoms with Gasteiger partial charge in [0.15, 0.2) is 0 Å². The minimum atomic E-state index is -0.681. The summed E-state index contributed by atoms with van der Waals surface area (Å²) in [6.45, 7) is 5.52. The van der Waals surface area contributed by atoms with Crippen molar-refractivity contribution in [1.29, 1.82) is 0 Å². The molecular formula is C15H20FN3O4. The number of carbonyl (C=O) groups is 1. The number of nitro groups is 1. The molecule has 0 saturated carbocycles. The zero-order valence-corrected chi connectivity index (χ0v) is 13.1. The smallest absolute Gasteiger partial charge is 0.282 e. The van der Waals surface area contributed by atoms with Crippen molar-refractivity contribution < 1.29 is 19.2 Å². The van der Waals surface area contributed by atoms with Crippen LogP contribution in [0.15, 0.2) is 18.2 Å². The van der Waals surface area contributed by atoms with Crippen LogP contribution in [0.2, 0.25) is 0 Å². The summed E-state index contributed by atoms with van der Waals surface area (Å²) in [6.07, 6.45) is -0.464. The van der Waals surface area contributed by atoms with Crippen LogP contribution in [-0.2, 0) is 0 Å². The molecule has 1 N–H and O–H groups in total. The first-order valence-corrected chi connectivity index (χ1v) is 7.45. The number of nitrogens with zero attached hydrogens (tertiary/aromatic N) is 3. The van der Waals surface area contributed by atoms with Crippen LogP contribution >= 0.6 is 0 Å². The van der Waals surface area contributed by atoms with E-state index < -0.39 is 28.4 Å². The molecule has 1 fully saturated rings. The van der Waals surface area contributed by atoms with E-state index in [-0.39, 0.29) is 11.6 Å². The third kappa shape index (κ3) is 4.02. The molecule has 1 aromatic carbocycles. The summed E-state index contributed by atoms with van der Waals surface area (Å²) in [6, 6.07) is 2.71. The van der Waals surface area contributed by atoms with Crippen LogP contribution in [0, 0.1) is 15.9 Å². The normalized spacial score (nSPS) is 20.3. The maximum Gasteiger partial charge on any atom is 0.282 e. The molecule has 2 rings (SSSR count). The predicted molar refractivity (Wildman–Crippen MR) is 81.7 cm³/mol. The maximum atomic E-state index is 13.4. The molecule has 1 aliphatic rings. The van der Waals surface area contributed by atoms with Gasteiger partial charge >= 0.3 is 0 Å². The summed E-state index contributed by atoms with van der Waals surface area (Å²) >= 11 is 0. The van der Waals surface area contributed by atoms with E-state index in [9.17, 15) is 24.4 Å².